The Balaban J connectivity index is 1.56. The quantitative estimate of drug-likeness (QED) is 0.680. The van der Waals surface area contributed by atoms with Crippen molar-refractivity contribution in [3.05, 3.63) is 61.1 Å². The highest BCUT2D eigenvalue weighted by Crippen LogP contribution is 2.20. The summed E-state index contributed by atoms with van der Waals surface area (Å²) in [5.74, 6) is 6.65. The van der Waals surface area contributed by atoms with Gasteiger partial charge in [-0.05, 0) is 24.3 Å². The molecule has 1 aromatic carbocycles. The molecule has 5 nitrogen and oxygen atoms in total. The summed E-state index contributed by atoms with van der Waals surface area (Å²) in [7, 11) is 0. The van der Waals surface area contributed by atoms with Crippen LogP contribution in [-0.2, 0) is 4.74 Å². The zero-order chi connectivity index (χ0) is 17.6. The van der Waals surface area contributed by atoms with E-state index in [0.717, 1.165) is 38.5 Å². The van der Waals surface area contributed by atoms with Crippen molar-refractivity contribution >= 4 is 16.6 Å². The molecule has 26 heavy (non-hydrogen) atoms. The Hall–Kier alpha value is -2.81. The van der Waals surface area contributed by atoms with Crippen LogP contribution in [0.4, 0.5) is 5.69 Å². The molecule has 1 aliphatic heterocycles. The van der Waals surface area contributed by atoms with Crippen LogP contribution in [0, 0.1) is 11.8 Å². The number of hydrogen-bond donors (Lipinski definition) is 0. The van der Waals surface area contributed by atoms with Crippen molar-refractivity contribution in [1.29, 1.82) is 0 Å². The van der Waals surface area contributed by atoms with Gasteiger partial charge in [-0.15, -0.1) is 0 Å². The van der Waals surface area contributed by atoms with E-state index in [-0.39, 0.29) is 0 Å². The lowest BCUT2D eigenvalue weighted by Gasteiger charge is -2.25. The second-order valence-electron chi connectivity index (χ2n) is 6.22. The predicted octanol–water partition coefficient (Wildman–Crippen LogP) is 2.64. The fourth-order valence-electron chi connectivity index (χ4n) is 3.14. The van der Waals surface area contributed by atoms with Gasteiger partial charge in [-0.3, -0.25) is 19.6 Å². The molecule has 2 aromatic heterocycles. The summed E-state index contributed by atoms with van der Waals surface area (Å²) in [5, 5.41) is 3.39. The Labute approximate surface area is 153 Å². The first-order valence-corrected chi connectivity index (χ1v) is 8.91. The fourth-order valence-corrected chi connectivity index (χ4v) is 3.14. The smallest absolute Gasteiger partial charge is 0.101 e. The van der Waals surface area contributed by atoms with E-state index in [1.807, 2.05) is 24.5 Å². The third-order valence-electron chi connectivity index (χ3n) is 4.56. The van der Waals surface area contributed by atoms with Crippen LogP contribution in [0.3, 0.4) is 0 Å². The number of rotatable bonds is 4. The maximum absolute atomic E-state index is 5.38. The van der Waals surface area contributed by atoms with Gasteiger partial charge in [0.2, 0.25) is 0 Å². The molecule has 0 aliphatic carbocycles. The topological polar surface area (TPSA) is 33.5 Å². The highest BCUT2D eigenvalue weighted by atomic mass is 16.5. The molecule has 0 unspecified atom stereocenters. The van der Waals surface area contributed by atoms with Gasteiger partial charge in [0.1, 0.15) is 6.54 Å². The van der Waals surface area contributed by atoms with Crippen molar-refractivity contribution in [2.75, 3.05) is 44.4 Å². The monoisotopic (exact) mass is 346 g/mol. The Morgan fingerprint density at radius 1 is 1.00 bits per heavy atom. The molecule has 0 spiro atoms. The third kappa shape index (κ3) is 3.72. The fraction of sp³-hybridized carbons (Fsp3) is 0.286. The van der Waals surface area contributed by atoms with E-state index in [9.17, 15) is 0 Å². The number of benzene rings is 1. The minimum absolute atomic E-state index is 0.618. The summed E-state index contributed by atoms with van der Waals surface area (Å²) in [4.78, 5) is 6.47. The third-order valence-corrected chi connectivity index (χ3v) is 4.56. The van der Waals surface area contributed by atoms with Crippen LogP contribution < -0.4 is 5.01 Å². The predicted molar refractivity (Wildman–Crippen MR) is 104 cm³/mol. The summed E-state index contributed by atoms with van der Waals surface area (Å²) < 4.78 is 7.55. The van der Waals surface area contributed by atoms with E-state index in [2.05, 4.69) is 67.9 Å². The van der Waals surface area contributed by atoms with Crippen LogP contribution in [-0.4, -0.2) is 54.0 Å². The van der Waals surface area contributed by atoms with Crippen LogP contribution in [0.15, 0.2) is 61.1 Å². The van der Waals surface area contributed by atoms with Gasteiger partial charge < -0.3 is 4.74 Å². The molecule has 1 fully saturated rings. The van der Waals surface area contributed by atoms with Gasteiger partial charge >= 0.3 is 0 Å². The Kier molecular flexibility index (Phi) is 5.15. The Morgan fingerprint density at radius 2 is 1.81 bits per heavy atom. The SMILES string of the molecule is C(#CCN(c1ccncc1)n1ccc2ccccc21)CN1CCOCC1. The zero-order valence-corrected chi connectivity index (χ0v) is 14.7. The van der Waals surface area contributed by atoms with E-state index in [1.54, 1.807) is 0 Å². The summed E-state index contributed by atoms with van der Waals surface area (Å²) >= 11 is 0. The van der Waals surface area contributed by atoms with Crippen molar-refractivity contribution in [3.63, 3.8) is 0 Å². The average molecular weight is 346 g/mol. The zero-order valence-electron chi connectivity index (χ0n) is 14.7. The molecule has 3 heterocycles. The van der Waals surface area contributed by atoms with Gasteiger partial charge in [-0.2, -0.15) is 0 Å². The van der Waals surface area contributed by atoms with Gasteiger partial charge in [0, 0.05) is 37.1 Å². The summed E-state index contributed by atoms with van der Waals surface area (Å²) in [5.41, 5.74) is 2.24. The highest BCUT2D eigenvalue weighted by molar-refractivity contribution is 5.81. The Bertz CT molecular complexity index is 904. The molecule has 0 atom stereocenters. The number of pyridine rings is 1. The lowest BCUT2D eigenvalue weighted by Crippen LogP contribution is -2.36. The lowest BCUT2D eigenvalue weighted by molar-refractivity contribution is 0.0443. The minimum Gasteiger partial charge on any atom is -0.379 e. The van der Waals surface area contributed by atoms with Crippen molar-refractivity contribution in [2.45, 2.75) is 0 Å². The second kappa shape index (κ2) is 8.05. The van der Waals surface area contributed by atoms with Gasteiger partial charge in [0.05, 0.1) is 31.0 Å². The highest BCUT2D eigenvalue weighted by Gasteiger charge is 2.11. The first-order valence-electron chi connectivity index (χ1n) is 8.91. The molecule has 1 saturated heterocycles. The van der Waals surface area contributed by atoms with E-state index < -0.39 is 0 Å². The van der Waals surface area contributed by atoms with Crippen LogP contribution >= 0.6 is 0 Å². The molecule has 0 saturated carbocycles. The van der Waals surface area contributed by atoms with Crippen molar-refractivity contribution in [2.24, 2.45) is 0 Å². The number of hydrogen-bond acceptors (Lipinski definition) is 4. The molecule has 132 valence electrons. The number of nitrogens with zero attached hydrogens (tertiary/aromatic N) is 4. The molecular formula is C21H22N4O. The van der Waals surface area contributed by atoms with Crippen LogP contribution in [0.25, 0.3) is 10.9 Å². The molecule has 4 rings (SSSR count). The van der Waals surface area contributed by atoms with Gasteiger partial charge in [-0.1, -0.05) is 30.0 Å². The van der Waals surface area contributed by atoms with Crippen molar-refractivity contribution in [1.82, 2.24) is 14.6 Å². The summed E-state index contributed by atoms with van der Waals surface area (Å²) in [6.45, 7) is 4.95. The summed E-state index contributed by atoms with van der Waals surface area (Å²) in [6.07, 6.45) is 5.72. The molecule has 0 bridgehead atoms. The van der Waals surface area contributed by atoms with Crippen LogP contribution in [0.1, 0.15) is 0 Å². The van der Waals surface area contributed by atoms with Crippen molar-refractivity contribution in [3.8, 4) is 11.8 Å². The number of anilines is 1. The number of para-hydroxylation sites is 1. The van der Waals surface area contributed by atoms with E-state index in [1.165, 1.54) is 10.9 Å². The Morgan fingerprint density at radius 3 is 2.65 bits per heavy atom. The van der Waals surface area contributed by atoms with Gasteiger partial charge in [0.25, 0.3) is 0 Å². The van der Waals surface area contributed by atoms with Crippen molar-refractivity contribution < 1.29 is 4.74 Å². The molecule has 5 heteroatoms. The number of morpholine rings is 1. The largest absolute Gasteiger partial charge is 0.379 e. The average Bonchev–Trinajstić information content (AvgIpc) is 3.13. The standard InChI is InChI=1S/C21H22N4O/c1-2-6-21-19(5-1)9-14-25(21)24(20-7-10-22-11-8-20)13-4-3-12-23-15-17-26-18-16-23/h1-2,5-11,14H,12-13,15-18H2. The van der Waals surface area contributed by atoms with Crippen LogP contribution in [0.2, 0.25) is 0 Å². The number of aromatic nitrogens is 2. The number of fused-ring (bicyclic) bond motifs is 1. The van der Waals surface area contributed by atoms with Gasteiger partial charge in [0.15, 0.2) is 0 Å². The normalized spacial score (nSPS) is 14.8. The lowest BCUT2D eigenvalue weighted by atomic mass is 10.2. The van der Waals surface area contributed by atoms with Crippen LogP contribution in [0.5, 0.6) is 0 Å². The molecular weight excluding hydrogens is 324 g/mol. The first kappa shape index (κ1) is 16.6. The number of ether oxygens (including phenoxy) is 1. The van der Waals surface area contributed by atoms with Gasteiger partial charge in [-0.25, -0.2) is 0 Å². The first-order chi connectivity index (χ1) is 12.9. The molecule has 1 aliphatic rings. The summed E-state index contributed by atoms with van der Waals surface area (Å²) in [6, 6.07) is 14.5. The molecule has 3 aromatic rings. The minimum atomic E-state index is 0.618. The molecule has 0 N–H and O–H groups in total. The molecule has 0 radical (unpaired) electrons. The van der Waals surface area contributed by atoms with E-state index in [0.29, 0.717) is 6.54 Å². The maximum atomic E-state index is 5.38. The maximum Gasteiger partial charge on any atom is 0.101 e. The second-order valence-corrected chi connectivity index (χ2v) is 6.22. The molecule has 0 amide bonds. The van der Waals surface area contributed by atoms with E-state index >= 15 is 0 Å². The van der Waals surface area contributed by atoms with E-state index in [4.69, 9.17) is 4.74 Å².